The Morgan fingerprint density at radius 1 is 1.25 bits per heavy atom. The third-order valence-electron chi connectivity index (χ3n) is 3.83. The van der Waals surface area contributed by atoms with Crippen molar-refractivity contribution >= 4 is 11.6 Å². The lowest BCUT2D eigenvalue weighted by Crippen LogP contribution is -2.42. The van der Waals surface area contributed by atoms with Gasteiger partial charge in [-0.2, -0.15) is 0 Å². The standard InChI is InChI=1S/C19H28N2O3/c1-14(2)21(18(22)24-19(3,4)5)12-8-15-7-10-20-11-9-16(23-6)13-17(15)20/h7,9-11,13-14H,8,12H2,1-6H3. The topological polar surface area (TPSA) is 43.2 Å². The number of fused-ring (bicyclic) bond motifs is 1. The lowest BCUT2D eigenvalue weighted by molar-refractivity contribution is 0.0194. The van der Waals surface area contributed by atoms with Gasteiger partial charge in [-0.3, -0.25) is 0 Å². The second-order valence-electron chi connectivity index (χ2n) is 7.22. The van der Waals surface area contributed by atoms with Crippen LogP contribution in [0.15, 0.2) is 30.6 Å². The Hall–Kier alpha value is -2.17. The molecule has 5 nitrogen and oxygen atoms in total. The van der Waals surface area contributed by atoms with Crippen LogP contribution >= 0.6 is 0 Å². The fourth-order valence-corrected chi connectivity index (χ4v) is 2.60. The molecule has 0 bridgehead atoms. The summed E-state index contributed by atoms with van der Waals surface area (Å²) in [5, 5.41) is 0. The molecule has 0 atom stereocenters. The minimum Gasteiger partial charge on any atom is -0.497 e. The largest absolute Gasteiger partial charge is 0.497 e. The molecular formula is C19H28N2O3. The molecule has 0 aliphatic carbocycles. The van der Waals surface area contributed by atoms with Gasteiger partial charge in [0.1, 0.15) is 11.4 Å². The van der Waals surface area contributed by atoms with Crippen LogP contribution in [0.1, 0.15) is 40.2 Å². The summed E-state index contributed by atoms with van der Waals surface area (Å²) in [5.41, 5.74) is 1.80. The molecule has 0 spiro atoms. The van der Waals surface area contributed by atoms with E-state index in [0.29, 0.717) is 6.54 Å². The molecule has 0 saturated carbocycles. The average Bonchev–Trinajstić information content (AvgIpc) is 2.87. The lowest BCUT2D eigenvalue weighted by atomic mass is 10.1. The molecule has 1 amide bonds. The summed E-state index contributed by atoms with van der Waals surface area (Å²) in [6.07, 6.45) is 4.50. The quantitative estimate of drug-likeness (QED) is 0.826. The van der Waals surface area contributed by atoms with E-state index in [2.05, 4.69) is 10.5 Å². The van der Waals surface area contributed by atoms with Gasteiger partial charge >= 0.3 is 6.09 Å². The molecule has 2 aromatic heterocycles. The maximum Gasteiger partial charge on any atom is 0.410 e. The number of methoxy groups -OCH3 is 1. The van der Waals surface area contributed by atoms with Crippen molar-refractivity contribution in [2.75, 3.05) is 13.7 Å². The Bertz CT molecular complexity index is 698. The fourth-order valence-electron chi connectivity index (χ4n) is 2.60. The first-order valence-corrected chi connectivity index (χ1v) is 8.34. The van der Waals surface area contributed by atoms with Crippen LogP contribution in [-0.2, 0) is 11.2 Å². The monoisotopic (exact) mass is 332 g/mol. The van der Waals surface area contributed by atoms with Crippen molar-refractivity contribution in [2.45, 2.75) is 52.7 Å². The predicted octanol–water partition coefficient (Wildman–Crippen LogP) is 4.14. The zero-order valence-electron chi connectivity index (χ0n) is 15.5. The second kappa shape index (κ2) is 7.16. The van der Waals surface area contributed by atoms with Gasteiger partial charge in [0, 0.05) is 31.0 Å². The van der Waals surface area contributed by atoms with Crippen LogP contribution in [0.2, 0.25) is 0 Å². The Labute approximate surface area is 144 Å². The highest BCUT2D eigenvalue weighted by molar-refractivity contribution is 5.68. The predicted molar refractivity (Wildman–Crippen MR) is 95.7 cm³/mol. The van der Waals surface area contributed by atoms with Gasteiger partial charge in [0.2, 0.25) is 0 Å². The highest BCUT2D eigenvalue weighted by Gasteiger charge is 2.24. The molecule has 0 N–H and O–H groups in total. The minimum absolute atomic E-state index is 0.0864. The summed E-state index contributed by atoms with van der Waals surface area (Å²) in [6.45, 7) is 10.3. The summed E-state index contributed by atoms with van der Waals surface area (Å²) >= 11 is 0. The molecule has 0 aliphatic heterocycles. The Balaban J connectivity index is 2.13. The zero-order valence-corrected chi connectivity index (χ0v) is 15.5. The molecule has 0 fully saturated rings. The normalized spacial score (nSPS) is 11.8. The van der Waals surface area contributed by atoms with Gasteiger partial charge in [-0.1, -0.05) is 0 Å². The molecule has 0 aromatic carbocycles. The number of ether oxygens (including phenoxy) is 2. The molecule has 2 rings (SSSR count). The van der Waals surface area contributed by atoms with E-state index >= 15 is 0 Å². The number of pyridine rings is 1. The van der Waals surface area contributed by atoms with E-state index in [1.165, 1.54) is 5.56 Å². The Morgan fingerprint density at radius 2 is 1.92 bits per heavy atom. The smallest absolute Gasteiger partial charge is 0.410 e. The number of carbonyl (C=O) groups excluding carboxylic acids is 1. The van der Waals surface area contributed by atoms with Crippen LogP contribution in [-0.4, -0.2) is 40.7 Å². The van der Waals surface area contributed by atoms with Gasteiger partial charge in [-0.25, -0.2) is 4.79 Å². The molecule has 2 heterocycles. The highest BCUT2D eigenvalue weighted by Crippen LogP contribution is 2.20. The first kappa shape index (κ1) is 18.2. The summed E-state index contributed by atoms with van der Waals surface area (Å²) in [5.74, 6) is 0.829. The van der Waals surface area contributed by atoms with Crippen LogP contribution in [0.4, 0.5) is 4.79 Å². The van der Waals surface area contributed by atoms with Crippen LogP contribution in [0.25, 0.3) is 5.52 Å². The molecule has 0 saturated heterocycles. The van der Waals surface area contributed by atoms with Gasteiger partial charge < -0.3 is 18.8 Å². The molecular weight excluding hydrogens is 304 g/mol. The summed E-state index contributed by atoms with van der Waals surface area (Å²) in [7, 11) is 1.66. The summed E-state index contributed by atoms with van der Waals surface area (Å²) in [4.78, 5) is 14.2. The number of carbonyl (C=O) groups is 1. The molecule has 132 valence electrons. The van der Waals surface area contributed by atoms with Crippen LogP contribution in [0, 0.1) is 0 Å². The van der Waals surface area contributed by atoms with Gasteiger partial charge in [0.05, 0.1) is 12.6 Å². The van der Waals surface area contributed by atoms with E-state index in [0.717, 1.165) is 17.7 Å². The summed E-state index contributed by atoms with van der Waals surface area (Å²) in [6, 6.07) is 6.12. The van der Waals surface area contributed by atoms with Crippen molar-refractivity contribution in [1.29, 1.82) is 0 Å². The van der Waals surface area contributed by atoms with Crippen LogP contribution in [0.5, 0.6) is 5.75 Å². The Morgan fingerprint density at radius 3 is 2.50 bits per heavy atom. The van der Waals surface area contributed by atoms with Crippen molar-refractivity contribution in [2.24, 2.45) is 0 Å². The van der Waals surface area contributed by atoms with Crippen LogP contribution in [0.3, 0.4) is 0 Å². The number of aromatic nitrogens is 1. The summed E-state index contributed by atoms with van der Waals surface area (Å²) < 4.78 is 12.9. The minimum atomic E-state index is -0.486. The second-order valence-corrected chi connectivity index (χ2v) is 7.22. The Kier molecular flexibility index (Phi) is 5.42. The lowest BCUT2D eigenvalue weighted by Gasteiger charge is -2.30. The first-order valence-electron chi connectivity index (χ1n) is 8.34. The van der Waals surface area contributed by atoms with E-state index in [-0.39, 0.29) is 12.1 Å². The van der Waals surface area contributed by atoms with E-state index in [1.54, 1.807) is 12.0 Å². The maximum atomic E-state index is 12.4. The van der Waals surface area contributed by atoms with Crippen molar-refractivity contribution in [1.82, 2.24) is 9.30 Å². The molecule has 0 unspecified atom stereocenters. The van der Waals surface area contributed by atoms with E-state index in [1.807, 2.05) is 59.1 Å². The molecule has 24 heavy (non-hydrogen) atoms. The molecule has 2 aromatic rings. The first-order chi connectivity index (χ1) is 11.2. The third-order valence-corrected chi connectivity index (χ3v) is 3.83. The molecule has 0 radical (unpaired) electrons. The SMILES string of the molecule is COc1ccn2ccc(CCN(C(=O)OC(C)(C)C)C(C)C)c2c1. The van der Waals surface area contributed by atoms with E-state index < -0.39 is 5.60 Å². The van der Waals surface area contributed by atoms with E-state index in [4.69, 9.17) is 9.47 Å². The van der Waals surface area contributed by atoms with Crippen molar-refractivity contribution in [3.05, 3.63) is 36.2 Å². The van der Waals surface area contributed by atoms with Gasteiger partial charge in [-0.15, -0.1) is 0 Å². The van der Waals surface area contributed by atoms with Gasteiger partial charge in [0.25, 0.3) is 0 Å². The highest BCUT2D eigenvalue weighted by atomic mass is 16.6. The number of amides is 1. The van der Waals surface area contributed by atoms with Crippen molar-refractivity contribution < 1.29 is 14.3 Å². The zero-order chi connectivity index (χ0) is 17.9. The van der Waals surface area contributed by atoms with Crippen LogP contribution < -0.4 is 4.74 Å². The van der Waals surface area contributed by atoms with Gasteiger partial charge in [-0.05, 0) is 58.7 Å². The maximum absolute atomic E-state index is 12.4. The average molecular weight is 332 g/mol. The molecule has 5 heteroatoms. The van der Waals surface area contributed by atoms with E-state index in [9.17, 15) is 4.79 Å². The van der Waals surface area contributed by atoms with Crippen molar-refractivity contribution in [3.8, 4) is 5.75 Å². The van der Waals surface area contributed by atoms with Gasteiger partial charge in [0.15, 0.2) is 0 Å². The number of hydrogen-bond donors (Lipinski definition) is 0. The number of rotatable bonds is 5. The number of nitrogens with zero attached hydrogens (tertiary/aromatic N) is 2. The number of hydrogen-bond acceptors (Lipinski definition) is 3. The third kappa shape index (κ3) is 4.43. The van der Waals surface area contributed by atoms with Crippen molar-refractivity contribution in [3.63, 3.8) is 0 Å². The fraction of sp³-hybridized carbons (Fsp3) is 0.526. The molecule has 0 aliphatic rings.